The van der Waals surface area contributed by atoms with E-state index in [-0.39, 0.29) is 5.84 Å². The first kappa shape index (κ1) is 13.2. The van der Waals surface area contributed by atoms with E-state index in [9.17, 15) is 9.18 Å². The Balaban J connectivity index is 2.62. The van der Waals surface area contributed by atoms with Gasteiger partial charge >= 0.3 is 6.09 Å². The van der Waals surface area contributed by atoms with E-state index in [2.05, 4.69) is 4.99 Å². The summed E-state index contributed by atoms with van der Waals surface area (Å²) in [5, 5.41) is 0. The predicted molar refractivity (Wildman–Crippen MR) is 63.4 cm³/mol. The van der Waals surface area contributed by atoms with Gasteiger partial charge in [0.1, 0.15) is 11.7 Å². The van der Waals surface area contributed by atoms with Gasteiger partial charge in [0.05, 0.1) is 6.61 Å². The van der Waals surface area contributed by atoms with E-state index in [1.54, 1.807) is 6.07 Å². The van der Waals surface area contributed by atoms with Crippen LogP contribution in [0, 0.1) is 5.82 Å². The topological polar surface area (TPSA) is 64.7 Å². The highest BCUT2D eigenvalue weighted by Crippen LogP contribution is 2.03. The van der Waals surface area contributed by atoms with Gasteiger partial charge in [-0.3, -0.25) is 0 Å². The Bertz CT molecular complexity index is 419. The molecule has 0 atom stereocenters. The van der Waals surface area contributed by atoms with Gasteiger partial charge in [0, 0.05) is 5.56 Å². The van der Waals surface area contributed by atoms with Gasteiger partial charge in [0.25, 0.3) is 0 Å². The molecule has 0 aliphatic heterocycles. The number of amides is 1. The van der Waals surface area contributed by atoms with Gasteiger partial charge in [-0.25, -0.2) is 9.18 Å². The highest BCUT2D eigenvalue weighted by atomic mass is 19.1. The van der Waals surface area contributed by atoms with Crippen molar-refractivity contribution in [1.82, 2.24) is 0 Å². The van der Waals surface area contributed by atoms with E-state index in [0.29, 0.717) is 12.2 Å². The van der Waals surface area contributed by atoms with Crippen LogP contribution >= 0.6 is 0 Å². The number of unbranched alkanes of at least 4 members (excludes halogenated alkanes) is 1. The van der Waals surface area contributed by atoms with Crippen molar-refractivity contribution >= 4 is 11.9 Å². The molecule has 0 saturated carbocycles. The minimum atomic E-state index is -0.750. The Labute approximate surface area is 99.3 Å². The Hall–Kier alpha value is -1.91. The second kappa shape index (κ2) is 6.62. The zero-order chi connectivity index (χ0) is 12.7. The molecule has 4 nitrogen and oxygen atoms in total. The Morgan fingerprint density at radius 2 is 2.29 bits per heavy atom. The number of ether oxygens (including phenoxy) is 1. The van der Waals surface area contributed by atoms with Gasteiger partial charge in [-0.1, -0.05) is 25.5 Å². The molecule has 1 amide bonds. The molecule has 0 aromatic heterocycles. The van der Waals surface area contributed by atoms with E-state index in [1.807, 2.05) is 6.92 Å². The summed E-state index contributed by atoms with van der Waals surface area (Å²) in [7, 11) is 0. The van der Waals surface area contributed by atoms with Crippen molar-refractivity contribution < 1.29 is 13.9 Å². The van der Waals surface area contributed by atoms with Gasteiger partial charge in [0.2, 0.25) is 0 Å². The predicted octanol–water partition coefficient (Wildman–Crippen LogP) is 2.47. The minimum Gasteiger partial charge on any atom is -0.448 e. The average Bonchev–Trinajstić information content (AvgIpc) is 2.29. The van der Waals surface area contributed by atoms with Crippen LogP contribution in [0.5, 0.6) is 0 Å². The molecule has 5 heteroatoms. The first-order valence-corrected chi connectivity index (χ1v) is 5.40. The molecule has 0 radical (unpaired) electrons. The number of nitrogens with zero attached hydrogens (tertiary/aromatic N) is 1. The van der Waals surface area contributed by atoms with E-state index in [1.165, 1.54) is 18.2 Å². The number of halogens is 1. The molecule has 2 N–H and O–H groups in total. The fourth-order valence-electron chi connectivity index (χ4n) is 1.15. The molecule has 1 aromatic carbocycles. The first-order valence-electron chi connectivity index (χ1n) is 5.40. The highest BCUT2D eigenvalue weighted by Gasteiger charge is 2.04. The number of hydrogen-bond donors (Lipinski definition) is 1. The van der Waals surface area contributed by atoms with Crippen LogP contribution in [0.3, 0.4) is 0 Å². The molecule has 0 spiro atoms. The van der Waals surface area contributed by atoms with Crippen LogP contribution in [-0.2, 0) is 4.74 Å². The van der Waals surface area contributed by atoms with Gasteiger partial charge < -0.3 is 10.5 Å². The maximum atomic E-state index is 12.9. The molecular weight excluding hydrogens is 223 g/mol. The summed E-state index contributed by atoms with van der Waals surface area (Å²) < 4.78 is 17.7. The van der Waals surface area contributed by atoms with Crippen molar-refractivity contribution in [3.63, 3.8) is 0 Å². The molecule has 0 bridgehead atoms. The van der Waals surface area contributed by atoms with E-state index >= 15 is 0 Å². The van der Waals surface area contributed by atoms with Crippen molar-refractivity contribution in [2.45, 2.75) is 19.8 Å². The molecule has 0 saturated heterocycles. The smallest absolute Gasteiger partial charge is 0.435 e. The number of amidine groups is 1. The van der Waals surface area contributed by atoms with Crippen molar-refractivity contribution in [3.8, 4) is 0 Å². The third-order valence-electron chi connectivity index (χ3n) is 2.06. The number of aliphatic imine (C=N–C) groups is 1. The Morgan fingerprint density at radius 1 is 1.53 bits per heavy atom. The van der Waals surface area contributed by atoms with Crippen LogP contribution in [0.25, 0.3) is 0 Å². The molecule has 0 fully saturated rings. The quantitative estimate of drug-likeness (QED) is 0.498. The third-order valence-corrected chi connectivity index (χ3v) is 2.06. The first-order chi connectivity index (χ1) is 8.13. The molecular formula is C12H15FN2O2. The number of carbonyl (C=O) groups excluding carboxylic acids is 1. The standard InChI is InChI=1S/C12H15FN2O2/c1-2-3-7-17-12(16)15-11(14)9-5-4-6-10(13)8-9/h4-6,8H,2-3,7H2,1H3,(H2,14,15,16). The van der Waals surface area contributed by atoms with Gasteiger partial charge in [-0.05, 0) is 18.6 Å². The second-order valence-corrected chi connectivity index (χ2v) is 3.48. The third kappa shape index (κ3) is 4.63. The van der Waals surface area contributed by atoms with E-state index in [4.69, 9.17) is 10.5 Å². The van der Waals surface area contributed by atoms with Gasteiger partial charge in [-0.15, -0.1) is 0 Å². The fraction of sp³-hybridized carbons (Fsp3) is 0.333. The summed E-state index contributed by atoms with van der Waals surface area (Å²) in [6.07, 6.45) is 0.956. The number of nitrogens with two attached hydrogens (primary N) is 1. The lowest BCUT2D eigenvalue weighted by Crippen LogP contribution is -2.16. The van der Waals surface area contributed by atoms with Crippen molar-refractivity contribution in [2.75, 3.05) is 6.61 Å². The summed E-state index contributed by atoms with van der Waals surface area (Å²) in [6, 6.07) is 5.56. The molecule has 0 heterocycles. The van der Waals surface area contributed by atoms with E-state index in [0.717, 1.165) is 12.8 Å². The summed E-state index contributed by atoms with van der Waals surface area (Å²) in [4.78, 5) is 14.7. The molecule has 17 heavy (non-hydrogen) atoms. The van der Waals surface area contributed by atoms with Crippen LogP contribution in [0.15, 0.2) is 29.3 Å². The van der Waals surface area contributed by atoms with Crippen LogP contribution in [0.1, 0.15) is 25.3 Å². The zero-order valence-electron chi connectivity index (χ0n) is 9.65. The molecule has 0 aliphatic carbocycles. The molecule has 1 rings (SSSR count). The highest BCUT2D eigenvalue weighted by molar-refractivity contribution is 6.02. The summed E-state index contributed by atoms with van der Waals surface area (Å²) in [6.45, 7) is 2.30. The zero-order valence-corrected chi connectivity index (χ0v) is 9.65. The lowest BCUT2D eigenvalue weighted by molar-refractivity contribution is 0.155. The number of rotatable bonds is 4. The average molecular weight is 238 g/mol. The summed E-state index contributed by atoms with van der Waals surface area (Å²) >= 11 is 0. The molecule has 0 unspecified atom stereocenters. The van der Waals surface area contributed by atoms with Crippen molar-refractivity contribution in [1.29, 1.82) is 0 Å². The molecule has 1 aromatic rings. The summed E-state index contributed by atoms with van der Waals surface area (Å²) in [5.41, 5.74) is 5.91. The number of carbonyl (C=O) groups is 1. The Morgan fingerprint density at radius 3 is 2.94 bits per heavy atom. The van der Waals surface area contributed by atoms with Crippen molar-refractivity contribution in [3.05, 3.63) is 35.6 Å². The minimum absolute atomic E-state index is 0.0500. The lowest BCUT2D eigenvalue weighted by atomic mass is 10.2. The van der Waals surface area contributed by atoms with Crippen LogP contribution in [0.2, 0.25) is 0 Å². The maximum absolute atomic E-state index is 12.9. The van der Waals surface area contributed by atoms with Crippen LogP contribution in [0.4, 0.5) is 9.18 Å². The normalized spacial score (nSPS) is 11.3. The van der Waals surface area contributed by atoms with Crippen LogP contribution in [-0.4, -0.2) is 18.5 Å². The van der Waals surface area contributed by atoms with Gasteiger partial charge in [-0.2, -0.15) is 4.99 Å². The molecule has 92 valence electrons. The number of hydrogen-bond acceptors (Lipinski definition) is 2. The van der Waals surface area contributed by atoms with Crippen molar-refractivity contribution in [2.24, 2.45) is 10.7 Å². The van der Waals surface area contributed by atoms with Gasteiger partial charge in [0.15, 0.2) is 0 Å². The largest absolute Gasteiger partial charge is 0.448 e. The second-order valence-electron chi connectivity index (χ2n) is 3.48. The lowest BCUT2D eigenvalue weighted by Gasteiger charge is -2.02. The Kier molecular flexibility index (Phi) is 5.13. The molecule has 0 aliphatic rings. The van der Waals surface area contributed by atoms with Crippen LogP contribution < -0.4 is 5.73 Å². The monoisotopic (exact) mass is 238 g/mol. The number of benzene rings is 1. The fourth-order valence-corrected chi connectivity index (χ4v) is 1.15. The maximum Gasteiger partial charge on any atom is 0.435 e. The van der Waals surface area contributed by atoms with E-state index < -0.39 is 11.9 Å². The SMILES string of the molecule is CCCCOC(=O)N=C(N)c1cccc(F)c1. The summed E-state index contributed by atoms with van der Waals surface area (Å²) in [5.74, 6) is -0.481.